The molecule has 0 amide bonds. The fraction of sp³-hybridized carbons (Fsp3) is 0.556. The molecule has 1 aliphatic carbocycles. The molecule has 0 radical (unpaired) electrons. The van der Waals surface area contributed by atoms with Gasteiger partial charge in [-0.25, -0.2) is 4.98 Å². The van der Waals surface area contributed by atoms with Gasteiger partial charge in [0.2, 0.25) is 0 Å². The van der Waals surface area contributed by atoms with E-state index in [1.165, 1.54) is 12.8 Å². The van der Waals surface area contributed by atoms with Crippen molar-refractivity contribution >= 4 is 28.7 Å². The second-order valence-corrected chi connectivity index (χ2v) is 4.93. The van der Waals surface area contributed by atoms with Gasteiger partial charge in [-0.3, -0.25) is 0 Å². The highest BCUT2D eigenvalue weighted by atomic mass is 32.1. The second-order valence-electron chi connectivity index (χ2n) is 3.46. The molecule has 1 saturated carbocycles. The molecule has 0 bridgehead atoms. The number of rotatable bonds is 3. The number of hydrogen-bond donors (Lipinski definition) is 2. The van der Waals surface area contributed by atoms with Crippen molar-refractivity contribution in [2.24, 2.45) is 0 Å². The molecule has 1 aromatic rings. The van der Waals surface area contributed by atoms with E-state index >= 15 is 0 Å². The van der Waals surface area contributed by atoms with E-state index in [0.29, 0.717) is 6.04 Å². The molecule has 0 spiro atoms. The van der Waals surface area contributed by atoms with Gasteiger partial charge in [0, 0.05) is 11.4 Å². The van der Waals surface area contributed by atoms with Crippen LogP contribution in [-0.4, -0.2) is 16.1 Å². The largest absolute Gasteiger partial charge is 0.360 e. The summed E-state index contributed by atoms with van der Waals surface area (Å²) in [6, 6.07) is 0.618. The summed E-state index contributed by atoms with van der Waals surface area (Å²) >= 11 is 6.80. The van der Waals surface area contributed by atoms with Crippen molar-refractivity contribution in [3.8, 4) is 0 Å². The second kappa shape index (κ2) is 4.23. The highest BCUT2D eigenvalue weighted by molar-refractivity contribution is 7.80. The molecule has 1 aromatic heterocycles. The summed E-state index contributed by atoms with van der Waals surface area (Å²) in [6.45, 7) is 2.73. The third kappa shape index (κ3) is 2.92. The van der Waals surface area contributed by atoms with Crippen LogP contribution < -0.4 is 10.6 Å². The zero-order chi connectivity index (χ0) is 9.97. The Bertz CT molecular complexity index is 331. The van der Waals surface area contributed by atoms with Crippen LogP contribution in [0.25, 0.3) is 0 Å². The average molecular weight is 227 g/mol. The van der Waals surface area contributed by atoms with Gasteiger partial charge in [-0.15, -0.1) is 11.3 Å². The Morgan fingerprint density at radius 2 is 2.50 bits per heavy atom. The van der Waals surface area contributed by atoms with E-state index in [1.807, 2.05) is 6.92 Å². The molecule has 0 aromatic carbocycles. The SMILES string of the molecule is Cc1nc(CNC(=S)NC2CC2)cs1. The Hall–Kier alpha value is -0.680. The van der Waals surface area contributed by atoms with E-state index in [9.17, 15) is 0 Å². The number of aryl methyl sites for hydroxylation is 1. The van der Waals surface area contributed by atoms with Crippen molar-refractivity contribution in [1.82, 2.24) is 15.6 Å². The van der Waals surface area contributed by atoms with Gasteiger partial charge in [-0.2, -0.15) is 0 Å². The lowest BCUT2D eigenvalue weighted by atomic mass is 10.5. The summed E-state index contributed by atoms with van der Waals surface area (Å²) in [5.74, 6) is 0. The first kappa shape index (κ1) is 9.86. The van der Waals surface area contributed by atoms with Crippen LogP contribution in [0.5, 0.6) is 0 Å². The molecule has 0 atom stereocenters. The maximum atomic E-state index is 5.13. The molecule has 1 fully saturated rings. The zero-order valence-corrected chi connectivity index (χ0v) is 9.67. The predicted octanol–water partition coefficient (Wildman–Crippen LogP) is 1.58. The monoisotopic (exact) mass is 227 g/mol. The minimum atomic E-state index is 0.618. The lowest BCUT2D eigenvalue weighted by Gasteiger charge is -2.07. The molecule has 1 aliphatic rings. The normalized spacial score (nSPS) is 15.2. The number of aromatic nitrogens is 1. The lowest BCUT2D eigenvalue weighted by Crippen LogP contribution is -2.36. The molecule has 0 saturated heterocycles. The topological polar surface area (TPSA) is 37.0 Å². The van der Waals surface area contributed by atoms with Crippen LogP contribution in [0.3, 0.4) is 0 Å². The van der Waals surface area contributed by atoms with Gasteiger partial charge < -0.3 is 10.6 Å². The average Bonchev–Trinajstić information content (AvgIpc) is 2.85. The predicted molar refractivity (Wildman–Crippen MR) is 62.4 cm³/mol. The van der Waals surface area contributed by atoms with Crippen LogP contribution >= 0.6 is 23.6 Å². The fourth-order valence-electron chi connectivity index (χ4n) is 1.12. The third-order valence-electron chi connectivity index (χ3n) is 2.01. The minimum absolute atomic E-state index is 0.618. The number of nitrogens with one attached hydrogen (secondary N) is 2. The first-order chi connectivity index (χ1) is 6.74. The Kier molecular flexibility index (Phi) is 2.98. The van der Waals surface area contributed by atoms with E-state index in [0.717, 1.165) is 22.4 Å². The van der Waals surface area contributed by atoms with Crippen LogP contribution in [-0.2, 0) is 6.54 Å². The Balaban J connectivity index is 1.73. The van der Waals surface area contributed by atoms with Crippen LogP contribution in [0.2, 0.25) is 0 Å². The first-order valence-corrected chi connectivity index (χ1v) is 5.98. The van der Waals surface area contributed by atoms with E-state index < -0.39 is 0 Å². The Morgan fingerprint density at radius 1 is 1.71 bits per heavy atom. The molecule has 76 valence electrons. The molecular weight excluding hydrogens is 214 g/mol. The van der Waals surface area contributed by atoms with Crippen LogP contribution in [0.15, 0.2) is 5.38 Å². The van der Waals surface area contributed by atoms with E-state index in [2.05, 4.69) is 21.0 Å². The molecule has 0 aliphatic heterocycles. The van der Waals surface area contributed by atoms with Crippen LogP contribution in [0.4, 0.5) is 0 Å². The van der Waals surface area contributed by atoms with Gasteiger partial charge in [-0.05, 0) is 32.0 Å². The summed E-state index contributed by atoms with van der Waals surface area (Å²) in [4.78, 5) is 4.35. The molecule has 2 rings (SSSR count). The summed E-state index contributed by atoms with van der Waals surface area (Å²) in [5.41, 5.74) is 1.06. The van der Waals surface area contributed by atoms with Gasteiger partial charge >= 0.3 is 0 Å². The Morgan fingerprint density at radius 3 is 3.07 bits per heavy atom. The quantitative estimate of drug-likeness (QED) is 0.769. The summed E-state index contributed by atoms with van der Waals surface area (Å²) in [5, 5.41) is 10.3. The molecule has 1 heterocycles. The van der Waals surface area contributed by atoms with Gasteiger partial charge in [0.05, 0.1) is 17.2 Å². The molecule has 2 N–H and O–H groups in total. The maximum Gasteiger partial charge on any atom is 0.166 e. The molecule has 0 unspecified atom stereocenters. The van der Waals surface area contributed by atoms with Gasteiger partial charge in [0.1, 0.15) is 0 Å². The van der Waals surface area contributed by atoms with Crippen molar-refractivity contribution in [2.75, 3.05) is 0 Å². The number of thiocarbonyl (C=S) groups is 1. The van der Waals surface area contributed by atoms with Gasteiger partial charge in [0.25, 0.3) is 0 Å². The maximum absolute atomic E-state index is 5.13. The fourth-order valence-corrected chi connectivity index (χ4v) is 1.98. The van der Waals surface area contributed by atoms with Crippen molar-refractivity contribution < 1.29 is 0 Å². The van der Waals surface area contributed by atoms with Gasteiger partial charge in [0.15, 0.2) is 5.11 Å². The number of thiazole rings is 1. The standard InChI is InChI=1S/C9H13N3S2/c1-6-11-8(5-14-6)4-10-9(13)12-7-2-3-7/h5,7H,2-4H2,1H3,(H2,10,12,13). The first-order valence-electron chi connectivity index (χ1n) is 4.69. The highest BCUT2D eigenvalue weighted by Gasteiger charge is 2.21. The van der Waals surface area contributed by atoms with Crippen molar-refractivity contribution in [3.63, 3.8) is 0 Å². The minimum Gasteiger partial charge on any atom is -0.360 e. The third-order valence-corrected chi connectivity index (χ3v) is 3.09. The number of nitrogens with zero attached hydrogens (tertiary/aromatic N) is 1. The van der Waals surface area contributed by atoms with Crippen molar-refractivity contribution in [2.45, 2.75) is 32.4 Å². The Labute approximate surface area is 92.9 Å². The lowest BCUT2D eigenvalue weighted by molar-refractivity contribution is 0.815. The van der Waals surface area contributed by atoms with E-state index in [-0.39, 0.29) is 0 Å². The molecule has 14 heavy (non-hydrogen) atoms. The van der Waals surface area contributed by atoms with Gasteiger partial charge in [-0.1, -0.05) is 0 Å². The van der Waals surface area contributed by atoms with Crippen LogP contribution in [0, 0.1) is 6.92 Å². The van der Waals surface area contributed by atoms with E-state index in [4.69, 9.17) is 12.2 Å². The molecule has 5 heteroatoms. The highest BCUT2D eigenvalue weighted by Crippen LogP contribution is 2.18. The summed E-state index contributed by atoms with van der Waals surface area (Å²) < 4.78 is 0. The van der Waals surface area contributed by atoms with Crippen molar-refractivity contribution in [3.05, 3.63) is 16.1 Å². The summed E-state index contributed by atoms with van der Waals surface area (Å²) in [7, 11) is 0. The zero-order valence-electron chi connectivity index (χ0n) is 8.04. The van der Waals surface area contributed by atoms with E-state index in [1.54, 1.807) is 11.3 Å². The molecular formula is C9H13N3S2. The smallest absolute Gasteiger partial charge is 0.166 e. The number of hydrogen-bond acceptors (Lipinski definition) is 3. The van der Waals surface area contributed by atoms with Crippen LogP contribution in [0.1, 0.15) is 23.5 Å². The summed E-state index contributed by atoms with van der Waals surface area (Å²) in [6.07, 6.45) is 2.50. The molecule has 3 nitrogen and oxygen atoms in total. The van der Waals surface area contributed by atoms with Crippen molar-refractivity contribution in [1.29, 1.82) is 0 Å².